The third-order valence-electron chi connectivity index (χ3n) is 5.08. The molecule has 3 rings (SSSR count). The van der Waals surface area contributed by atoms with E-state index in [1.54, 1.807) is 19.9 Å². The third kappa shape index (κ3) is 5.03. The van der Waals surface area contributed by atoms with E-state index in [9.17, 15) is 22.0 Å². The summed E-state index contributed by atoms with van der Waals surface area (Å²) in [6.07, 6.45) is 0. The number of anilines is 2. The molecule has 1 amide bonds. The molecule has 0 radical (unpaired) electrons. The van der Waals surface area contributed by atoms with Gasteiger partial charge in [0.1, 0.15) is 11.6 Å². The number of rotatable bonds is 7. The Labute approximate surface area is 180 Å². The van der Waals surface area contributed by atoms with Gasteiger partial charge >= 0.3 is 0 Å². The van der Waals surface area contributed by atoms with Crippen LogP contribution in [0.3, 0.4) is 0 Å². The van der Waals surface area contributed by atoms with Crippen molar-refractivity contribution in [1.82, 2.24) is 4.31 Å². The molecule has 1 fully saturated rings. The number of carbonyl (C=O) groups is 1. The molecule has 168 valence electrons. The van der Waals surface area contributed by atoms with Crippen molar-refractivity contribution in [3.8, 4) is 0 Å². The summed E-state index contributed by atoms with van der Waals surface area (Å²) in [5, 5.41) is 2.36. The summed E-state index contributed by atoms with van der Waals surface area (Å²) in [5.41, 5.74) is 0.227. The number of hydrogen-bond donors (Lipinski definition) is 1. The number of benzene rings is 2. The van der Waals surface area contributed by atoms with Crippen molar-refractivity contribution in [1.29, 1.82) is 0 Å². The van der Waals surface area contributed by atoms with Crippen molar-refractivity contribution in [3.63, 3.8) is 0 Å². The van der Waals surface area contributed by atoms with Crippen LogP contribution in [0.2, 0.25) is 0 Å². The molecule has 2 aromatic rings. The van der Waals surface area contributed by atoms with Gasteiger partial charge in [-0.3, -0.25) is 4.79 Å². The van der Waals surface area contributed by atoms with Crippen LogP contribution in [0.25, 0.3) is 0 Å². The number of nitrogens with one attached hydrogen (secondary N) is 1. The van der Waals surface area contributed by atoms with Gasteiger partial charge in [0.15, 0.2) is 0 Å². The number of amides is 1. The van der Waals surface area contributed by atoms with E-state index in [1.807, 2.05) is 4.90 Å². The quantitative estimate of drug-likeness (QED) is 0.697. The van der Waals surface area contributed by atoms with Crippen LogP contribution in [0.15, 0.2) is 41.3 Å². The Hall–Kier alpha value is -2.56. The Bertz CT molecular complexity index is 1050. The zero-order valence-corrected chi connectivity index (χ0v) is 18.2. The standard InChI is InChI=1S/C21H25F2N3O4S/c1-3-26(4-2)31(28,29)16-6-8-20(25-9-11-30-12-10-25)17(14-16)21(27)24-19-13-15(22)5-7-18(19)23/h5-8,13-14H,3-4,9-12H2,1-2H3,(H,24,27). The highest BCUT2D eigenvalue weighted by molar-refractivity contribution is 7.89. The van der Waals surface area contributed by atoms with Crippen molar-refractivity contribution in [2.45, 2.75) is 18.7 Å². The molecule has 0 saturated carbocycles. The summed E-state index contributed by atoms with van der Waals surface area (Å²) in [7, 11) is -3.82. The molecular formula is C21H25F2N3O4S. The average Bonchev–Trinajstić information content (AvgIpc) is 2.77. The second-order valence-electron chi connectivity index (χ2n) is 6.95. The van der Waals surface area contributed by atoms with Gasteiger partial charge in [-0.15, -0.1) is 0 Å². The molecule has 2 aromatic carbocycles. The van der Waals surface area contributed by atoms with Crippen LogP contribution >= 0.6 is 0 Å². The number of hydrogen-bond acceptors (Lipinski definition) is 5. The van der Waals surface area contributed by atoms with Crippen LogP contribution in [0.5, 0.6) is 0 Å². The topological polar surface area (TPSA) is 79.0 Å². The lowest BCUT2D eigenvalue weighted by molar-refractivity contribution is 0.102. The molecular weight excluding hydrogens is 428 g/mol. The number of sulfonamides is 1. The molecule has 1 saturated heterocycles. The van der Waals surface area contributed by atoms with Gasteiger partial charge in [-0.05, 0) is 30.3 Å². The minimum absolute atomic E-state index is 0.0435. The maximum atomic E-state index is 14.1. The van der Waals surface area contributed by atoms with E-state index in [2.05, 4.69) is 5.32 Å². The van der Waals surface area contributed by atoms with E-state index in [0.717, 1.165) is 18.2 Å². The fourth-order valence-electron chi connectivity index (χ4n) is 3.43. The van der Waals surface area contributed by atoms with Gasteiger partial charge in [0, 0.05) is 37.9 Å². The zero-order valence-electron chi connectivity index (χ0n) is 17.4. The molecule has 0 aliphatic carbocycles. The molecule has 0 unspecified atom stereocenters. The highest BCUT2D eigenvalue weighted by Crippen LogP contribution is 2.28. The van der Waals surface area contributed by atoms with Crippen LogP contribution in [0.4, 0.5) is 20.2 Å². The fourth-order valence-corrected chi connectivity index (χ4v) is 4.92. The van der Waals surface area contributed by atoms with E-state index >= 15 is 0 Å². The molecule has 10 heteroatoms. The molecule has 31 heavy (non-hydrogen) atoms. The van der Waals surface area contributed by atoms with Crippen molar-refractivity contribution in [2.24, 2.45) is 0 Å². The van der Waals surface area contributed by atoms with E-state index in [0.29, 0.717) is 32.0 Å². The second kappa shape index (κ2) is 9.71. The first-order valence-corrected chi connectivity index (χ1v) is 11.4. The Balaban J connectivity index is 2.05. The fraction of sp³-hybridized carbons (Fsp3) is 0.381. The summed E-state index contributed by atoms with van der Waals surface area (Å²) >= 11 is 0. The SMILES string of the molecule is CCN(CC)S(=O)(=O)c1ccc(N2CCOCC2)c(C(=O)Nc2cc(F)ccc2F)c1. The lowest BCUT2D eigenvalue weighted by Crippen LogP contribution is -2.37. The minimum atomic E-state index is -3.82. The molecule has 1 N–H and O–H groups in total. The van der Waals surface area contributed by atoms with E-state index in [1.165, 1.54) is 16.4 Å². The van der Waals surface area contributed by atoms with E-state index in [-0.39, 0.29) is 29.2 Å². The second-order valence-corrected chi connectivity index (χ2v) is 8.88. The van der Waals surface area contributed by atoms with Crippen LogP contribution in [-0.2, 0) is 14.8 Å². The number of nitrogens with zero attached hydrogens (tertiary/aromatic N) is 2. The van der Waals surface area contributed by atoms with Gasteiger partial charge in [0.2, 0.25) is 10.0 Å². The van der Waals surface area contributed by atoms with Gasteiger partial charge in [-0.2, -0.15) is 4.31 Å². The van der Waals surface area contributed by atoms with Crippen molar-refractivity contribution in [2.75, 3.05) is 49.6 Å². The zero-order chi connectivity index (χ0) is 22.6. The largest absolute Gasteiger partial charge is 0.378 e. The Morgan fingerprint density at radius 2 is 1.77 bits per heavy atom. The average molecular weight is 454 g/mol. The first-order valence-electron chi connectivity index (χ1n) is 10.0. The van der Waals surface area contributed by atoms with Gasteiger partial charge in [0.05, 0.1) is 29.4 Å². The van der Waals surface area contributed by atoms with Crippen LogP contribution in [-0.4, -0.2) is 58.0 Å². The summed E-state index contributed by atoms with van der Waals surface area (Å²) < 4.78 is 60.1. The van der Waals surface area contributed by atoms with E-state index in [4.69, 9.17) is 4.74 Å². The number of halogens is 2. The molecule has 0 atom stereocenters. The van der Waals surface area contributed by atoms with Gasteiger partial charge in [-0.1, -0.05) is 13.8 Å². The molecule has 1 aliphatic rings. The maximum absolute atomic E-state index is 14.1. The molecule has 7 nitrogen and oxygen atoms in total. The maximum Gasteiger partial charge on any atom is 0.257 e. The monoisotopic (exact) mass is 453 g/mol. The number of ether oxygens (including phenoxy) is 1. The molecule has 1 heterocycles. The lowest BCUT2D eigenvalue weighted by atomic mass is 10.1. The first-order chi connectivity index (χ1) is 14.8. The summed E-state index contributed by atoms with van der Waals surface area (Å²) in [5.74, 6) is -2.24. The highest BCUT2D eigenvalue weighted by Gasteiger charge is 2.26. The number of morpholine rings is 1. The minimum Gasteiger partial charge on any atom is -0.378 e. The predicted octanol–water partition coefficient (Wildman–Crippen LogP) is 3.08. The lowest BCUT2D eigenvalue weighted by Gasteiger charge is -2.30. The molecule has 0 spiro atoms. The van der Waals surface area contributed by atoms with Crippen molar-refractivity contribution >= 4 is 27.3 Å². The van der Waals surface area contributed by atoms with E-state index < -0.39 is 27.6 Å². The normalized spacial score (nSPS) is 14.7. The number of carbonyl (C=O) groups excluding carboxylic acids is 1. The first kappa shape index (κ1) is 23.1. The van der Waals surface area contributed by atoms with Crippen LogP contribution in [0, 0.1) is 11.6 Å². The van der Waals surface area contributed by atoms with Crippen LogP contribution in [0.1, 0.15) is 24.2 Å². The Morgan fingerprint density at radius 1 is 1.10 bits per heavy atom. The van der Waals surface area contributed by atoms with Gasteiger partial charge < -0.3 is 15.0 Å². The Kier molecular flexibility index (Phi) is 7.24. The smallest absolute Gasteiger partial charge is 0.257 e. The van der Waals surface area contributed by atoms with Gasteiger partial charge in [0.25, 0.3) is 5.91 Å². The third-order valence-corrected chi connectivity index (χ3v) is 7.13. The van der Waals surface area contributed by atoms with Crippen molar-refractivity contribution in [3.05, 3.63) is 53.6 Å². The summed E-state index contributed by atoms with van der Waals surface area (Å²) in [4.78, 5) is 14.9. The van der Waals surface area contributed by atoms with Crippen LogP contribution < -0.4 is 10.2 Å². The molecule has 0 aromatic heterocycles. The highest BCUT2D eigenvalue weighted by atomic mass is 32.2. The van der Waals surface area contributed by atoms with Crippen molar-refractivity contribution < 1.29 is 26.7 Å². The van der Waals surface area contributed by atoms with Gasteiger partial charge in [-0.25, -0.2) is 17.2 Å². The summed E-state index contributed by atoms with van der Waals surface area (Å²) in [6, 6.07) is 7.04. The summed E-state index contributed by atoms with van der Waals surface area (Å²) in [6.45, 7) is 5.94. The molecule has 0 bridgehead atoms. The Morgan fingerprint density at radius 3 is 2.42 bits per heavy atom. The molecule has 1 aliphatic heterocycles. The predicted molar refractivity (Wildman–Crippen MR) is 114 cm³/mol.